The lowest BCUT2D eigenvalue weighted by molar-refractivity contribution is -0.141. The van der Waals surface area contributed by atoms with Crippen LogP contribution in [-0.2, 0) is 10.2 Å². The van der Waals surface area contributed by atoms with Crippen molar-refractivity contribution in [2.75, 3.05) is 26.2 Å². The van der Waals surface area contributed by atoms with Crippen molar-refractivity contribution in [2.24, 2.45) is 5.92 Å². The van der Waals surface area contributed by atoms with Gasteiger partial charge >= 0.3 is 0 Å². The zero-order chi connectivity index (χ0) is 23.8. The molecule has 3 heterocycles. The van der Waals surface area contributed by atoms with Crippen LogP contribution in [0.25, 0.3) is 0 Å². The Morgan fingerprint density at radius 3 is 2.63 bits per heavy atom. The molecular formula is C30H31FN2O2. The summed E-state index contributed by atoms with van der Waals surface area (Å²) in [7, 11) is 0. The van der Waals surface area contributed by atoms with Crippen molar-refractivity contribution < 1.29 is 13.9 Å². The zero-order valence-corrected chi connectivity index (χ0v) is 19.8. The van der Waals surface area contributed by atoms with Crippen molar-refractivity contribution >= 4 is 5.91 Å². The van der Waals surface area contributed by atoms with Gasteiger partial charge in [-0.3, -0.25) is 4.79 Å². The molecule has 0 aliphatic carbocycles. The van der Waals surface area contributed by atoms with Crippen molar-refractivity contribution in [1.82, 2.24) is 10.2 Å². The van der Waals surface area contributed by atoms with Gasteiger partial charge in [0, 0.05) is 36.2 Å². The van der Waals surface area contributed by atoms with Gasteiger partial charge in [-0.1, -0.05) is 66.7 Å². The van der Waals surface area contributed by atoms with Gasteiger partial charge in [0.05, 0.1) is 18.6 Å². The molecule has 4 atom stereocenters. The Kier molecular flexibility index (Phi) is 5.81. The lowest BCUT2D eigenvalue weighted by Gasteiger charge is -2.45. The van der Waals surface area contributed by atoms with Crippen LogP contribution in [0.5, 0.6) is 5.75 Å². The number of nitrogens with zero attached hydrogens (tertiary/aromatic N) is 1. The number of hydrogen-bond acceptors (Lipinski definition) is 3. The summed E-state index contributed by atoms with van der Waals surface area (Å²) in [5, 5.41) is 3.52. The maximum atomic E-state index is 15.1. The van der Waals surface area contributed by atoms with Crippen LogP contribution < -0.4 is 10.1 Å². The summed E-state index contributed by atoms with van der Waals surface area (Å²) in [6, 6.07) is 25.2. The number of piperidine rings is 1. The summed E-state index contributed by atoms with van der Waals surface area (Å²) in [5.74, 6) is 0.874. The number of halogens is 1. The summed E-state index contributed by atoms with van der Waals surface area (Å²) >= 11 is 0. The van der Waals surface area contributed by atoms with Crippen LogP contribution in [0.4, 0.5) is 4.39 Å². The number of likely N-dealkylation sites (tertiary alicyclic amines) is 1. The van der Waals surface area contributed by atoms with E-state index in [1.54, 1.807) is 6.07 Å². The molecule has 6 rings (SSSR count). The largest absolute Gasteiger partial charge is 0.493 e. The molecule has 0 aromatic heterocycles. The van der Waals surface area contributed by atoms with Gasteiger partial charge in [-0.05, 0) is 42.9 Å². The van der Waals surface area contributed by atoms with Crippen LogP contribution in [0.15, 0.2) is 78.9 Å². The van der Waals surface area contributed by atoms with Crippen LogP contribution in [0.3, 0.4) is 0 Å². The fourth-order valence-corrected chi connectivity index (χ4v) is 6.61. The fraction of sp³-hybridized carbons (Fsp3) is 0.367. The predicted molar refractivity (Wildman–Crippen MR) is 134 cm³/mol. The number of hydrogen-bond donors (Lipinski definition) is 1. The van der Waals surface area contributed by atoms with E-state index >= 15 is 4.39 Å². The fourth-order valence-electron chi connectivity index (χ4n) is 6.61. The molecule has 2 fully saturated rings. The van der Waals surface area contributed by atoms with E-state index in [4.69, 9.17) is 4.74 Å². The Labute approximate surface area is 206 Å². The van der Waals surface area contributed by atoms with Gasteiger partial charge < -0.3 is 15.0 Å². The molecule has 180 valence electrons. The number of benzene rings is 3. The second-order valence-electron chi connectivity index (χ2n) is 10.1. The van der Waals surface area contributed by atoms with Gasteiger partial charge in [0.15, 0.2) is 0 Å². The van der Waals surface area contributed by atoms with Crippen LogP contribution in [0.1, 0.15) is 47.9 Å². The maximum Gasteiger partial charge on any atom is 0.228 e. The Morgan fingerprint density at radius 1 is 1.00 bits per heavy atom. The molecule has 0 radical (unpaired) electrons. The molecular weight excluding hydrogens is 439 g/mol. The second-order valence-corrected chi connectivity index (χ2v) is 10.1. The number of amides is 1. The third-order valence-electron chi connectivity index (χ3n) is 8.40. The number of carbonyl (C=O) groups excluding carboxylic acids is 1. The lowest BCUT2D eigenvalue weighted by Crippen LogP contribution is -2.51. The minimum Gasteiger partial charge on any atom is -0.493 e. The normalized spacial score (nSPS) is 27.9. The van der Waals surface area contributed by atoms with E-state index in [-0.39, 0.29) is 29.1 Å². The number of carbonyl (C=O) groups is 1. The number of nitrogens with one attached hydrogen (secondary N) is 1. The third-order valence-corrected chi connectivity index (χ3v) is 8.40. The van der Waals surface area contributed by atoms with E-state index in [9.17, 15) is 4.79 Å². The zero-order valence-electron chi connectivity index (χ0n) is 19.8. The predicted octanol–water partition coefficient (Wildman–Crippen LogP) is 5.21. The van der Waals surface area contributed by atoms with Crippen molar-refractivity contribution in [3.63, 3.8) is 0 Å². The molecule has 5 heteroatoms. The van der Waals surface area contributed by atoms with Gasteiger partial charge in [-0.25, -0.2) is 4.39 Å². The van der Waals surface area contributed by atoms with E-state index in [0.29, 0.717) is 31.2 Å². The summed E-state index contributed by atoms with van der Waals surface area (Å²) in [5.41, 5.74) is 2.71. The van der Waals surface area contributed by atoms with Crippen LogP contribution in [0, 0.1) is 11.7 Å². The van der Waals surface area contributed by atoms with Gasteiger partial charge in [-0.2, -0.15) is 0 Å². The highest BCUT2D eigenvalue weighted by Gasteiger charge is 2.52. The van der Waals surface area contributed by atoms with Crippen molar-refractivity contribution in [2.45, 2.75) is 36.6 Å². The summed E-state index contributed by atoms with van der Waals surface area (Å²) in [6.07, 6.45) is 2.41. The number of rotatable bonds is 3. The highest BCUT2D eigenvalue weighted by molar-refractivity contribution is 5.82. The molecule has 4 nitrogen and oxygen atoms in total. The van der Waals surface area contributed by atoms with E-state index in [1.165, 1.54) is 11.6 Å². The van der Waals surface area contributed by atoms with Crippen LogP contribution in [0.2, 0.25) is 0 Å². The van der Waals surface area contributed by atoms with Gasteiger partial charge in [0.25, 0.3) is 0 Å². The molecule has 3 aromatic carbocycles. The van der Waals surface area contributed by atoms with Crippen molar-refractivity contribution in [3.05, 3.63) is 101 Å². The summed E-state index contributed by atoms with van der Waals surface area (Å²) in [4.78, 5) is 16.3. The standard InChI is InChI=1S/C30H31FN2O2/c31-26-12-6-4-10-23(26)27-18-22(21-8-2-1-3-9-21)14-16-33(27)29(34)25-19-32-20-30(25)15-17-35-28-13-7-5-11-24(28)30/h1-13,22,25,27,32H,14-20H2. The molecule has 3 aromatic rings. The van der Waals surface area contributed by atoms with Gasteiger partial charge in [0.2, 0.25) is 5.91 Å². The quantitative estimate of drug-likeness (QED) is 0.571. The van der Waals surface area contributed by atoms with Crippen molar-refractivity contribution in [1.29, 1.82) is 0 Å². The average molecular weight is 471 g/mol. The Balaban J connectivity index is 1.36. The minimum atomic E-state index is -0.290. The van der Waals surface area contributed by atoms with Crippen molar-refractivity contribution in [3.8, 4) is 5.75 Å². The molecule has 0 saturated carbocycles. The smallest absolute Gasteiger partial charge is 0.228 e. The first-order valence-electron chi connectivity index (χ1n) is 12.7. The SMILES string of the molecule is O=C(C1CNCC12CCOc1ccccc12)N1CCC(c2ccccc2)CC1c1ccccc1F. The monoisotopic (exact) mass is 470 g/mol. The van der Waals surface area contributed by atoms with Crippen LogP contribution in [-0.4, -0.2) is 37.0 Å². The molecule has 3 aliphatic rings. The molecule has 3 aliphatic heterocycles. The molecule has 2 saturated heterocycles. The Hall–Kier alpha value is -3.18. The van der Waals surface area contributed by atoms with E-state index in [0.717, 1.165) is 37.1 Å². The Morgan fingerprint density at radius 2 is 1.77 bits per heavy atom. The Bertz CT molecular complexity index is 1220. The first kappa shape index (κ1) is 22.3. The van der Waals surface area contributed by atoms with Gasteiger partial charge in [0.1, 0.15) is 11.6 Å². The van der Waals surface area contributed by atoms with E-state index in [1.807, 2.05) is 41.3 Å². The summed E-state index contributed by atoms with van der Waals surface area (Å²) < 4.78 is 21.0. The topological polar surface area (TPSA) is 41.6 Å². The number of fused-ring (bicyclic) bond motifs is 2. The molecule has 1 N–H and O–H groups in total. The third kappa shape index (κ3) is 3.82. The first-order chi connectivity index (χ1) is 17.2. The molecule has 4 unspecified atom stereocenters. The number of ether oxygens (including phenoxy) is 1. The van der Waals surface area contributed by atoms with E-state index in [2.05, 4.69) is 35.6 Å². The van der Waals surface area contributed by atoms with E-state index < -0.39 is 0 Å². The molecule has 1 amide bonds. The molecule has 0 bridgehead atoms. The van der Waals surface area contributed by atoms with Gasteiger partial charge in [-0.15, -0.1) is 0 Å². The number of para-hydroxylation sites is 1. The minimum absolute atomic E-state index is 0.131. The molecule has 35 heavy (non-hydrogen) atoms. The maximum absolute atomic E-state index is 15.1. The highest BCUT2D eigenvalue weighted by atomic mass is 19.1. The van der Waals surface area contributed by atoms with Crippen LogP contribution >= 0.6 is 0 Å². The lowest BCUT2D eigenvalue weighted by atomic mass is 9.68. The first-order valence-corrected chi connectivity index (χ1v) is 12.7. The highest BCUT2D eigenvalue weighted by Crippen LogP contribution is 2.48. The second kappa shape index (κ2) is 9.12. The average Bonchev–Trinajstić information content (AvgIpc) is 3.33. The molecule has 1 spiro atoms. The summed E-state index contributed by atoms with van der Waals surface area (Å²) in [6.45, 7) is 2.63.